The van der Waals surface area contributed by atoms with Crippen molar-refractivity contribution in [3.63, 3.8) is 0 Å². The Bertz CT molecular complexity index is 1290. The van der Waals surface area contributed by atoms with Crippen LogP contribution in [0.4, 0.5) is 5.82 Å². The van der Waals surface area contributed by atoms with Gasteiger partial charge in [-0.1, -0.05) is 30.3 Å². The summed E-state index contributed by atoms with van der Waals surface area (Å²) in [6.07, 6.45) is 0. The number of nitrogens with zero attached hydrogens (tertiary/aromatic N) is 5. The van der Waals surface area contributed by atoms with Crippen LogP contribution in [-0.2, 0) is 9.53 Å². The van der Waals surface area contributed by atoms with Gasteiger partial charge in [-0.3, -0.25) is 9.69 Å². The van der Waals surface area contributed by atoms with E-state index in [2.05, 4.69) is 52.3 Å². The Morgan fingerprint density at radius 3 is 2.41 bits per heavy atom. The highest BCUT2D eigenvalue weighted by molar-refractivity contribution is 7.21. The maximum atomic E-state index is 12.6. The molecule has 0 bridgehead atoms. The van der Waals surface area contributed by atoms with E-state index in [9.17, 15) is 4.79 Å². The summed E-state index contributed by atoms with van der Waals surface area (Å²) in [7, 11) is 0. The Labute approximate surface area is 202 Å². The molecular weight excluding hydrogens is 446 g/mol. The third-order valence-corrected chi connectivity index (χ3v) is 7.72. The lowest BCUT2D eigenvalue weighted by Crippen LogP contribution is -2.51. The van der Waals surface area contributed by atoms with E-state index in [4.69, 9.17) is 14.7 Å². The molecule has 2 saturated heterocycles. The molecule has 0 spiro atoms. The number of ether oxygens (including phenoxy) is 1. The zero-order valence-corrected chi connectivity index (χ0v) is 19.8. The maximum absolute atomic E-state index is 12.6. The molecule has 0 saturated carbocycles. The lowest BCUT2D eigenvalue weighted by Gasteiger charge is -2.36. The van der Waals surface area contributed by atoms with Gasteiger partial charge in [-0.2, -0.15) is 0 Å². The van der Waals surface area contributed by atoms with Crippen molar-refractivity contribution >= 4 is 44.2 Å². The monoisotopic (exact) mass is 473 g/mol. The topological polar surface area (TPSA) is 61.8 Å². The molecule has 6 rings (SSSR count). The minimum Gasteiger partial charge on any atom is -0.378 e. The summed E-state index contributed by atoms with van der Waals surface area (Å²) in [5.74, 6) is 1.19. The minimum atomic E-state index is 0.207. The Morgan fingerprint density at radius 1 is 0.882 bits per heavy atom. The molecule has 174 valence electrons. The van der Waals surface area contributed by atoms with Gasteiger partial charge in [0.1, 0.15) is 10.8 Å². The molecule has 2 aromatic carbocycles. The number of benzene rings is 2. The number of piperazine rings is 1. The summed E-state index contributed by atoms with van der Waals surface area (Å²) in [5, 5.41) is 2.15. The van der Waals surface area contributed by atoms with Crippen LogP contribution in [0.15, 0.2) is 54.6 Å². The number of anilines is 1. The van der Waals surface area contributed by atoms with Crippen LogP contribution in [0.3, 0.4) is 0 Å². The van der Waals surface area contributed by atoms with Crippen LogP contribution in [0.1, 0.15) is 0 Å². The van der Waals surface area contributed by atoms with Crippen molar-refractivity contribution in [1.82, 2.24) is 19.8 Å². The highest BCUT2D eigenvalue weighted by Gasteiger charge is 2.24. The van der Waals surface area contributed by atoms with E-state index in [1.54, 1.807) is 11.3 Å². The van der Waals surface area contributed by atoms with Crippen LogP contribution in [0.2, 0.25) is 0 Å². The molecule has 0 aliphatic carbocycles. The van der Waals surface area contributed by atoms with Gasteiger partial charge in [0.15, 0.2) is 0 Å². The van der Waals surface area contributed by atoms with Crippen LogP contribution in [-0.4, -0.2) is 84.7 Å². The third-order valence-electron chi connectivity index (χ3n) is 6.65. The van der Waals surface area contributed by atoms with Crippen LogP contribution in [0, 0.1) is 0 Å². The number of pyridine rings is 1. The van der Waals surface area contributed by atoms with Crippen LogP contribution >= 0.6 is 11.3 Å². The van der Waals surface area contributed by atoms with Crippen molar-refractivity contribution in [2.45, 2.75) is 0 Å². The van der Waals surface area contributed by atoms with Gasteiger partial charge in [-0.05, 0) is 24.3 Å². The van der Waals surface area contributed by atoms with Gasteiger partial charge in [0.2, 0.25) is 5.91 Å². The lowest BCUT2D eigenvalue weighted by molar-refractivity contribution is -0.136. The van der Waals surface area contributed by atoms with Gasteiger partial charge in [0, 0.05) is 50.2 Å². The van der Waals surface area contributed by atoms with Gasteiger partial charge in [0.05, 0.1) is 35.5 Å². The molecule has 2 aliphatic heterocycles. The zero-order chi connectivity index (χ0) is 22.9. The Morgan fingerprint density at radius 2 is 1.62 bits per heavy atom. The number of thiazole rings is 1. The van der Waals surface area contributed by atoms with Gasteiger partial charge in [-0.15, -0.1) is 11.3 Å². The summed E-state index contributed by atoms with van der Waals surface area (Å²) in [6.45, 7) is 6.57. The molecular formula is C26H27N5O2S. The van der Waals surface area contributed by atoms with Crippen LogP contribution in [0.5, 0.6) is 0 Å². The number of amides is 1. The van der Waals surface area contributed by atoms with Crippen LogP contribution in [0.25, 0.3) is 31.7 Å². The summed E-state index contributed by atoms with van der Waals surface area (Å²) < 4.78 is 6.56. The van der Waals surface area contributed by atoms with Crippen LogP contribution < -0.4 is 4.90 Å². The molecule has 0 unspecified atom stereocenters. The molecule has 4 heterocycles. The molecule has 8 heteroatoms. The number of carbonyl (C=O) groups excluding carboxylic acids is 1. The number of hydrogen-bond donors (Lipinski definition) is 0. The number of morpholine rings is 1. The van der Waals surface area contributed by atoms with Crippen molar-refractivity contribution in [1.29, 1.82) is 0 Å². The Balaban J connectivity index is 1.23. The highest BCUT2D eigenvalue weighted by atomic mass is 32.1. The summed E-state index contributed by atoms with van der Waals surface area (Å²) in [4.78, 5) is 29.1. The average molecular weight is 474 g/mol. The summed E-state index contributed by atoms with van der Waals surface area (Å²) in [6, 6.07) is 18.8. The first-order valence-corrected chi connectivity index (χ1v) is 12.6. The Hall–Kier alpha value is -3.07. The number of para-hydroxylation sites is 2. The van der Waals surface area contributed by atoms with Crippen molar-refractivity contribution in [3.8, 4) is 10.6 Å². The van der Waals surface area contributed by atoms with Crippen molar-refractivity contribution < 1.29 is 9.53 Å². The van der Waals surface area contributed by atoms with Gasteiger partial charge >= 0.3 is 0 Å². The second kappa shape index (κ2) is 9.29. The van der Waals surface area contributed by atoms with Gasteiger partial charge < -0.3 is 14.5 Å². The van der Waals surface area contributed by atoms with E-state index >= 15 is 0 Å². The second-order valence-corrected chi connectivity index (χ2v) is 9.82. The molecule has 0 radical (unpaired) electrons. The minimum absolute atomic E-state index is 0.207. The van der Waals surface area contributed by atoms with E-state index < -0.39 is 0 Å². The molecule has 1 amide bonds. The van der Waals surface area contributed by atoms with E-state index in [1.165, 1.54) is 4.70 Å². The van der Waals surface area contributed by atoms with E-state index in [1.807, 2.05) is 17.0 Å². The van der Waals surface area contributed by atoms with Gasteiger partial charge in [0.25, 0.3) is 0 Å². The molecule has 4 aromatic rings. The Kier molecular flexibility index (Phi) is 5.86. The quantitative estimate of drug-likeness (QED) is 0.452. The van der Waals surface area contributed by atoms with Crippen molar-refractivity contribution in [2.75, 3.05) is 63.9 Å². The van der Waals surface area contributed by atoms with Crippen molar-refractivity contribution in [3.05, 3.63) is 54.6 Å². The maximum Gasteiger partial charge on any atom is 0.236 e. The lowest BCUT2D eigenvalue weighted by atomic mass is 10.1. The number of carbonyl (C=O) groups is 1. The first-order chi connectivity index (χ1) is 16.7. The molecule has 0 atom stereocenters. The predicted molar refractivity (Wildman–Crippen MR) is 136 cm³/mol. The fourth-order valence-corrected chi connectivity index (χ4v) is 5.72. The first kappa shape index (κ1) is 21.5. The normalized spacial score (nSPS) is 17.5. The third kappa shape index (κ3) is 4.24. The smallest absolute Gasteiger partial charge is 0.236 e. The average Bonchev–Trinajstić information content (AvgIpc) is 3.33. The standard InChI is InChI=1S/C26H27N5O2S/c32-25(31-13-15-33-16-14-31)18-29-9-11-30(12-10-29)24-17-20(19-5-1-2-6-21(19)27-24)26-28-22-7-3-4-8-23(22)34-26/h1-8,17H,9-16,18H2. The molecule has 2 aromatic heterocycles. The predicted octanol–water partition coefficient (Wildman–Crippen LogP) is 3.49. The fourth-order valence-electron chi connectivity index (χ4n) is 4.73. The summed E-state index contributed by atoms with van der Waals surface area (Å²) in [5.41, 5.74) is 3.15. The molecule has 2 aliphatic rings. The highest BCUT2D eigenvalue weighted by Crippen LogP contribution is 2.36. The second-order valence-electron chi connectivity index (χ2n) is 8.79. The number of hydrogen-bond acceptors (Lipinski definition) is 7. The number of rotatable bonds is 4. The summed E-state index contributed by atoms with van der Waals surface area (Å²) >= 11 is 1.72. The van der Waals surface area contributed by atoms with Gasteiger partial charge in [-0.25, -0.2) is 9.97 Å². The molecule has 7 nitrogen and oxygen atoms in total. The number of aromatic nitrogens is 2. The van der Waals surface area contributed by atoms with E-state index in [0.717, 1.165) is 59.0 Å². The SMILES string of the molecule is O=C(CN1CCN(c2cc(-c3nc4ccccc4s3)c3ccccc3n2)CC1)N1CCOCC1. The van der Waals surface area contributed by atoms with E-state index in [-0.39, 0.29) is 5.91 Å². The molecule has 0 N–H and O–H groups in total. The van der Waals surface area contributed by atoms with E-state index in [0.29, 0.717) is 32.8 Å². The van der Waals surface area contributed by atoms with Crippen molar-refractivity contribution in [2.24, 2.45) is 0 Å². The fraction of sp³-hybridized carbons (Fsp3) is 0.346. The zero-order valence-electron chi connectivity index (χ0n) is 19.0. The molecule has 2 fully saturated rings. The number of fused-ring (bicyclic) bond motifs is 2. The largest absolute Gasteiger partial charge is 0.378 e. The molecule has 34 heavy (non-hydrogen) atoms. The first-order valence-electron chi connectivity index (χ1n) is 11.8.